The second kappa shape index (κ2) is 3.91. The standard InChI is InChI=1S/C12H12ClN3/c13-10-5-8(10)6-14-12-9-3-1-2-4-11(9)15-7-16-12/h1-4,7-8,10H,5-6H2,(H,14,15,16). The van der Waals surface area contributed by atoms with Crippen molar-refractivity contribution in [3.05, 3.63) is 30.6 Å². The average Bonchev–Trinajstić information content (AvgIpc) is 3.03. The maximum Gasteiger partial charge on any atom is 0.137 e. The molecule has 0 saturated heterocycles. The normalized spacial score (nSPS) is 23.3. The quantitative estimate of drug-likeness (QED) is 0.829. The van der Waals surface area contributed by atoms with Gasteiger partial charge in [-0.3, -0.25) is 0 Å². The molecule has 4 heteroatoms. The summed E-state index contributed by atoms with van der Waals surface area (Å²) in [6.07, 6.45) is 2.70. The van der Waals surface area contributed by atoms with Gasteiger partial charge in [0.1, 0.15) is 12.1 Å². The lowest BCUT2D eigenvalue weighted by Gasteiger charge is -2.06. The molecule has 1 saturated carbocycles. The van der Waals surface area contributed by atoms with E-state index in [0.29, 0.717) is 11.3 Å². The van der Waals surface area contributed by atoms with Crippen LogP contribution in [0, 0.1) is 5.92 Å². The van der Waals surface area contributed by atoms with Crippen LogP contribution in [-0.2, 0) is 0 Å². The summed E-state index contributed by atoms with van der Waals surface area (Å²) in [5, 5.41) is 4.76. The average molecular weight is 234 g/mol. The van der Waals surface area contributed by atoms with E-state index in [-0.39, 0.29) is 0 Å². The van der Waals surface area contributed by atoms with E-state index in [1.165, 1.54) is 0 Å². The van der Waals surface area contributed by atoms with Gasteiger partial charge in [-0.1, -0.05) is 12.1 Å². The monoisotopic (exact) mass is 233 g/mol. The lowest BCUT2D eigenvalue weighted by atomic mass is 10.2. The maximum absolute atomic E-state index is 5.96. The molecule has 2 aromatic rings. The summed E-state index contributed by atoms with van der Waals surface area (Å²) in [6.45, 7) is 0.898. The minimum Gasteiger partial charge on any atom is -0.369 e. The van der Waals surface area contributed by atoms with Crippen LogP contribution in [0.4, 0.5) is 5.82 Å². The van der Waals surface area contributed by atoms with Crippen LogP contribution >= 0.6 is 11.6 Å². The number of alkyl halides is 1. The molecule has 0 bridgehead atoms. The molecule has 0 amide bonds. The Morgan fingerprint density at radius 2 is 2.12 bits per heavy atom. The molecule has 0 spiro atoms. The summed E-state index contributed by atoms with van der Waals surface area (Å²) in [4.78, 5) is 8.49. The molecule has 1 aliphatic carbocycles. The zero-order chi connectivity index (χ0) is 11.0. The van der Waals surface area contributed by atoms with Gasteiger partial charge in [-0.05, 0) is 24.5 Å². The topological polar surface area (TPSA) is 37.8 Å². The van der Waals surface area contributed by atoms with Crippen LogP contribution in [0.5, 0.6) is 0 Å². The third-order valence-corrected chi connectivity index (χ3v) is 3.45. The van der Waals surface area contributed by atoms with Gasteiger partial charge in [-0.25, -0.2) is 9.97 Å². The zero-order valence-corrected chi connectivity index (χ0v) is 9.48. The Kier molecular flexibility index (Phi) is 2.40. The number of benzene rings is 1. The second-order valence-electron chi connectivity index (χ2n) is 4.13. The first-order chi connectivity index (χ1) is 7.84. The van der Waals surface area contributed by atoms with Gasteiger partial charge >= 0.3 is 0 Å². The summed E-state index contributed by atoms with van der Waals surface area (Å²) in [5.41, 5.74) is 0.971. The minimum atomic E-state index is 0.348. The summed E-state index contributed by atoms with van der Waals surface area (Å²) in [6, 6.07) is 8.00. The molecule has 2 atom stereocenters. The predicted octanol–water partition coefficient (Wildman–Crippen LogP) is 2.67. The Morgan fingerprint density at radius 3 is 2.94 bits per heavy atom. The molecule has 1 aromatic heterocycles. The fourth-order valence-electron chi connectivity index (χ4n) is 1.80. The maximum atomic E-state index is 5.96. The largest absolute Gasteiger partial charge is 0.369 e. The first-order valence-corrected chi connectivity index (χ1v) is 5.86. The van der Waals surface area contributed by atoms with E-state index >= 15 is 0 Å². The molecule has 0 aliphatic heterocycles. The van der Waals surface area contributed by atoms with Gasteiger partial charge in [0, 0.05) is 17.3 Å². The van der Waals surface area contributed by atoms with E-state index in [1.54, 1.807) is 6.33 Å². The van der Waals surface area contributed by atoms with E-state index in [9.17, 15) is 0 Å². The third kappa shape index (κ3) is 1.83. The van der Waals surface area contributed by atoms with Crippen LogP contribution < -0.4 is 5.32 Å². The Balaban J connectivity index is 1.85. The highest BCUT2D eigenvalue weighted by atomic mass is 35.5. The Labute approximate surface area is 98.9 Å². The molecule has 2 unspecified atom stereocenters. The van der Waals surface area contributed by atoms with Gasteiger partial charge in [-0.15, -0.1) is 11.6 Å². The van der Waals surface area contributed by atoms with Crippen molar-refractivity contribution in [2.45, 2.75) is 11.8 Å². The molecule has 3 rings (SSSR count). The van der Waals surface area contributed by atoms with Crippen molar-refractivity contribution >= 4 is 28.3 Å². The van der Waals surface area contributed by atoms with Crippen molar-refractivity contribution in [2.75, 3.05) is 11.9 Å². The summed E-state index contributed by atoms with van der Waals surface area (Å²) >= 11 is 5.96. The molecule has 1 aromatic carbocycles. The number of aromatic nitrogens is 2. The van der Waals surface area contributed by atoms with Gasteiger partial charge in [0.2, 0.25) is 0 Å². The van der Waals surface area contributed by atoms with Crippen LogP contribution in [0.1, 0.15) is 6.42 Å². The van der Waals surface area contributed by atoms with Crippen molar-refractivity contribution in [2.24, 2.45) is 5.92 Å². The highest BCUT2D eigenvalue weighted by Crippen LogP contribution is 2.36. The van der Waals surface area contributed by atoms with E-state index in [2.05, 4.69) is 15.3 Å². The minimum absolute atomic E-state index is 0.348. The Bertz CT molecular complexity index is 509. The number of halogens is 1. The molecule has 1 aliphatic rings. The number of para-hydroxylation sites is 1. The van der Waals surface area contributed by atoms with Crippen LogP contribution in [0.25, 0.3) is 10.9 Å². The summed E-state index contributed by atoms with van der Waals surface area (Å²) in [5.74, 6) is 1.50. The van der Waals surface area contributed by atoms with Crippen LogP contribution in [0.15, 0.2) is 30.6 Å². The van der Waals surface area contributed by atoms with E-state index in [0.717, 1.165) is 29.7 Å². The molecule has 1 fully saturated rings. The van der Waals surface area contributed by atoms with Crippen molar-refractivity contribution in [3.8, 4) is 0 Å². The molecular weight excluding hydrogens is 222 g/mol. The number of fused-ring (bicyclic) bond motifs is 1. The Morgan fingerprint density at radius 1 is 1.31 bits per heavy atom. The SMILES string of the molecule is ClC1CC1CNc1ncnc2ccccc12. The molecule has 16 heavy (non-hydrogen) atoms. The highest BCUT2D eigenvalue weighted by molar-refractivity contribution is 6.22. The van der Waals surface area contributed by atoms with Gasteiger partial charge in [0.05, 0.1) is 5.52 Å². The van der Waals surface area contributed by atoms with Crippen molar-refractivity contribution in [3.63, 3.8) is 0 Å². The molecule has 3 nitrogen and oxygen atoms in total. The fraction of sp³-hybridized carbons (Fsp3) is 0.333. The number of rotatable bonds is 3. The molecule has 0 radical (unpaired) electrons. The fourth-order valence-corrected chi connectivity index (χ4v) is 2.11. The highest BCUT2D eigenvalue weighted by Gasteiger charge is 2.34. The second-order valence-corrected chi connectivity index (χ2v) is 4.69. The van der Waals surface area contributed by atoms with Crippen LogP contribution in [0.3, 0.4) is 0 Å². The van der Waals surface area contributed by atoms with Gasteiger partial charge < -0.3 is 5.32 Å². The van der Waals surface area contributed by atoms with Gasteiger partial charge in [0.15, 0.2) is 0 Å². The van der Waals surface area contributed by atoms with Gasteiger partial charge in [0.25, 0.3) is 0 Å². The van der Waals surface area contributed by atoms with E-state index in [1.807, 2.05) is 24.3 Å². The lowest BCUT2D eigenvalue weighted by Crippen LogP contribution is -2.07. The van der Waals surface area contributed by atoms with Crippen molar-refractivity contribution < 1.29 is 0 Å². The Hall–Kier alpha value is -1.35. The third-order valence-electron chi connectivity index (χ3n) is 2.91. The smallest absolute Gasteiger partial charge is 0.137 e. The molecule has 82 valence electrons. The molecule has 1 heterocycles. The zero-order valence-electron chi connectivity index (χ0n) is 8.73. The summed E-state index contributed by atoms with van der Waals surface area (Å²) < 4.78 is 0. The number of nitrogens with one attached hydrogen (secondary N) is 1. The predicted molar refractivity (Wildman–Crippen MR) is 65.8 cm³/mol. The first kappa shape index (κ1) is 9.85. The number of anilines is 1. The molecular formula is C12H12ClN3. The van der Waals surface area contributed by atoms with Gasteiger partial charge in [-0.2, -0.15) is 0 Å². The van der Waals surface area contributed by atoms with E-state index < -0.39 is 0 Å². The number of nitrogens with zero attached hydrogens (tertiary/aromatic N) is 2. The van der Waals surface area contributed by atoms with Crippen molar-refractivity contribution in [1.82, 2.24) is 9.97 Å². The van der Waals surface area contributed by atoms with E-state index in [4.69, 9.17) is 11.6 Å². The first-order valence-electron chi connectivity index (χ1n) is 5.42. The van der Waals surface area contributed by atoms with Crippen LogP contribution in [-0.4, -0.2) is 21.9 Å². The lowest BCUT2D eigenvalue weighted by molar-refractivity contribution is 0.885. The molecule has 1 N–H and O–H groups in total. The van der Waals surface area contributed by atoms with Crippen LogP contribution in [0.2, 0.25) is 0 Å². The number of hydrogen-bond acceptors (Lipinski definition) is 3. The number of hydrogen-bond donors (Lipinski definition) is 1. The summed E-state index contributed by atoms with van der Waals surface area (Å²) in [7, 11) is 0. The van der Waals surface area contributed by atoms with Crippen molar-refractivity contribution in [1.29, 1.82) is 0 Å².